The third-order valence-electron chi connectivity index (χ3n) is 4.53. The van der Waals surface area contributed by atoms with Gasteiger partial charge in [0.2, 0.25) is 12.7 Å². The number of ether oxygens (including phenoxy) is 2. The molecule has 5 nitrogen and oxygen atoms in total. The van der Waals surface area contributed by atoms with Gasteiger partial charge in [-0.1, -0.05) is 30.3 Å². The molecule has 0 unspecified atom stereocenters. The lowest BCUT2D eigenvalue weighted by Gasteiger charge is -2.29. The molecule has 2 aliphatic heterocycles. The second-order valence-corrected chi connectivity index (χ2v) is 6.13. The fourth-order valence-electron chi connectivity index (χ4n) is 3.19. The summed E-state index contributed by atoms with van der Waals surface area (Å²) in [6.07, 6.45) is 0.935. The number of amides is 1. The van der Waals surface area contributed by atoms with Crippen LogP contribution in [0.25, 0.3) is 0 Å². The molecule has 0 fully saturated rings. The van der Waals surface area contributed by atoms with Gasteiger partial charge >= 0.3 is 0 Å². The van der Waals surface area contributed by atoms with Crippen LogP contribution in [0.5, 0.6) is 11.5 Å². The average molecular weight is 324 g/mol. The third-order valence-corrected chi connectivity index (χ3v) is 4.53. The van der Waals surface area contributed by atoms with E-state index in [0.29, 0.717) is 19.6 Å². The van der Waals surface area contributed by atoms with Crippen molar-refractivity contribution in [3.05, 3.63) is 59.2 Å². The van der Waals surface area contributed by atoms with E-state index in [-0.39, 0.29) is 12.7 Å². The van der Waals surface area contributed by atoms with E-state index in [1.54, 1.807) is 0 Å². The van der Waals surface area contributed by atoms with Gasteiger partial charge in [-0.25, -0.2) is 0 Å². The maximum absolute atomic E-state index is 12.4. The molecule has 5 heteroatoms. The van der Waals surface area contributed by atoms with Crippen molar-refractivity contribution in [1.29, 1.82) is 0 Å². The van der Waals surface area contributed by atoms with Crippen molar-refractivity contribution in [3.8, 4) is 11.5 Å². The smallest absolute Gasteiger partial charge is 0.236 e. The summed E-state index contributed by atoms with van der Waals surface area (Å²) in [6.45, 7) is 2.76. The Labute approximate surface area is 141 Å². The van der Waals surface area contributed by atoms with Crippen LogP contribution in [0, 0.1) is 0 Å². The Kier molecular flexibility index (Phi) is 4.09. The first-order chi connectivity index (χ1) is 11.8. The summed E-state index contributed by atoms with van der Waals surface area (Å²) in [5.74, 6) is 1.69. The fourth-order valence-corrected chi connectivity index (χ4v) is 3.19. The molecule has 0 atom stereocenters. The maximum Gasteiger partial charge on any atom is 0.236 e. The van der Waals surface area contributed by atoms with Gasteiger partial charge in [-0.2, -0.15) is 0 Å². The zero-order valence-corrected chi connectivity index (χ0v) is 13.5. The van der Waals surface area contributed by atoms with E-state index in [1.807, 2.05) is 29.2 Å². The first kappa shape index (κ1) is 15.0. The summed E-state index contributed by atoms with van der Waals surface area (Å²) in [5.41, 5.74) is 3.69. The summed E-state index contributed by atoms with van der Waals surface area (Å²) >= 11 is 0. The number of benzene rings is 2. The van der Waals surface area contributed by atoms with Gasteiger partial charge in [-0.05, 0) is 35.2 Å². The van der Waals surface area contributed by atoms with Crippen LogP contribution >= 0.6 is 0 Å². The lowest BCUT2D eigenvalue weighted by Crippen LogP contribution is -2.41. The largest absolute Gasteiger partial charge is 0.454 e. The average Bonchev–Trinajstić information content (AvgIpc) is 3.09. The van der Waals surface area contributed by atoms with E-state index >= 15 is 0 Å². The summed E-state index contributed by atoms with van der Waals surface area (Å²) < 4.78 is 10.7. The number of nitrogens with one attached hydrogen (secondary N) is 1. The highest BCUT2D eigenvalue weighted by Crippen LogP contribution is 2.32. The van der Waals surface area contributed by atoms with Crippen LogP contribution in [0.3, 0.4) is 0 Å². The van der Waals surface area contributed by atoms with Gasteiger partial charge < -0.3 is 19.7 Å². The Morgan fingerprint density at radius 3 is 2.83 bits per heavy atom. The topological polar surface area (TPSA) is 50.8 Å². The number of carbonyl (C=O) groups excluding carboxylic acids is 1. The minimum absolute atomic E-state index is 0.144. The Morgan fingerprint density at radius 1 is 1.08 bits per heavy atom. The predicted molar refractivity (Wildman–Crippen MR) is 89.8 cm³/mol. The van der Waals surface area contributed by atoms with Crippen LogP contribution in [0.1, 0.15) is 16.7 Å². The summed E-state index contributed by atoms with van der Waals surface area (Å²) in [4.78, 5) is 14.3. The highest BCUT2D eigenvalue weighted by atomic mass is 16.7. The molecule has 1 N–H and O–H groups in total. The van der Waals surface area contributed by atoms with Crippen LogP contribution in [0.4, 0.5) is 0 Å². The van der Waals surface area contributed by atoms with Gasteiger partial charge in [0.25, 0.3) is 0 Å². The minimum Gasteiger partial charge on any atom is -0.454 e. The number of fused-ring (bicyclic) bond motifs is 2. The molecular formula is C19H20N2O3. The van der Waals surface area contributed by atoms with E-state index in [4.69, 9.17) is 9.47 Å². The predicted octanol–water partition coefficient (Wildman–Crippen LogP) is 2.09. The number of nitrogens with zero attached hydrogens (tertiary/aromatic N) is 1. The SMILES string of the molecule is O=C(CNCc1ccc2c(c1)OCO2)N1CCc2ccccc2C1. The maximum atomic E-state index is 12.4. The van der Waals surface area contributed by atoms with Crippen LogP contribution in [0.15, 0.2) is 42.5 Å². The molecule has 0 aromatic heterocycles. The lowest BCUT2D eigenvalue weighted by atomic mass is 10.00. The second-order valence-electron chi connectivity index (χ2n) is 6.13. The molecule has 0 saturated heterocycles. The molecule has 24 heavy (non-hydrogen) atoms. The number of hydrogen-bond donors (Lipinski definition) is 1. The molecule has 0 bridgehead atoms. The first-order valence-electron chi connectivity index (χ1n) is 8.23. The fraction of sp³-hybridized carbons (Fsp3) is 0.316. The zero-order chi connectivity index (χ0) is 16.4. The Balaban J connectivity index is 1.30. The molecule has 2 aromatic rings. The molecule has 2 heterocycles. The number of hydrogen-bond acceptors (Lipinski definition) is 4. The summed E-state index contributed by atoms with van der Waals surface area (Å²) in [5, 5.41) is 3.23. The van der Waals surface area contributed by atoms with Crippen LogP contribution in [0.2, 0.25) is 0 Å². The van der Waals surface area contributed by atoms with Gasteiger partial charge in [0.05, 0.1) is 6.54 Å². The van der Waals surface area contributed by atoms with Gasteiger partial charge in [0, 0.05) is 19.6 Å². The van der Waals surface area contributed by atoms with Crippen molar-refractivity contribution < 1.29 is 14.3 Å². The van der Waals surface area contributed by atoms with E-state index in [2.05, 4.69) is 23.5 Å². The molecule has 0 radical (unpaired) electrons. The molecular weight excluding hydrogens is 304 g/mol. The molecule has 0 saturated carbocycles. The number of rotatable bonds is 4. The molecule has 4 rings (SSSR count). The van der Waals surface area contributed by atoms with E-state index in [1.165, 1.54) is 11.1 Å². The highest BCUT2D eigenvalue weighted by Gasteiger charge is 2.20. The van der Waals surface area contributed by atoms with Crippen LogP contribution in [-0.4, -0.2) is 30.7 Å². The van der Waals surface area contributed by atoms with Gasteiger partial charge in [0.1, 0.15) is 0 Å². The van der Waals surface area contributed by atoms with Crippen molar-refractivity contribution in [2.45, 2.75) is 19.5 Å². The molecule has 1 amide bonds. The first-order valence-corrected chi connectivity index (χ1v) is 8.23. The second kappa shape index (κ2) is 6.53. The molecule has 0 spiro atoms. The van der Waals surface area contributed by atoms with Crippen molar-refractivity contribution in [1.82, 2.24) is 10.2 Å². The molecule has 2 aliphatic rings. The summed E-state index contributed by atoms with van der Waals surface area (Å²) in [7, 11) is 0. The zero-order valence-electron chi connectivity index (χ0n) is 13.5. The van der Waals surface area contributed by atoms with Gasteiger partial charge in [-0.15, -0.1) is 0 Å². The van der Waals surface area contributed by atoms with Crippen LogP contribution in [-0.2, 0) is 24.3 Å². The lowest BCUT2D eigenvalue weighted by molar-refractivity contribution is -0.131. The van der Waals surface area contributed by atoms with Gasteiger partial charge in [-0.3, -0.25) is 4.79 Å². The highest BCUT2D eigenvalue weighted by molar-refractivity contribution is 5.78. The van der Waals surface area contributed by atoms with Crippen molar-refractivity contribution in [2.24, 2.45) is 0 Å². The quantitative estimate of drug-likeness (QED) is 0.936. The van der Waals surface area contributed by atoms with E-state index in [9.17, 15) is 4.79 Å². The van der Waals surface area contributed by atoms with Gasteiger partial charge in [0.15, 0.2) is 11.5 Å². The molecule has 124 valence electrons. The van der Waals surface area contributed by atoms with Crippen molar-refractivity contribution in [2.75, 3.05) is 19.9 Å². The van der Waals surface area contributed by atoms with E-state index in [0.717, 1.165) is 30.0 Å². The monoisotopic (exact) mass is 324 g/mol. The van der Waals surface area contributed by atoms with Crippen LogP contribution < -0.4 is 14.8 Å². The number of carbonyl (C=O) groups is 1. The Bertz CT molecular complexity index is 760. The standard InChI is InChI=1S/C19H20N2O3/c22-19(21-8-7-15-3-1-2-4-16(15)12-21)11-20-10-14-5-6-17-18(9-14)24-13-23-17/h1-6,9,20H,7-8,10-13H2. The summed E-state index contributed by atoms with van der Waals surface area (Å²) in [6, 6.07) is 14.2. The van der Waals surface area contributed by atoms with E-state index < -0.39 is 0 Å². The van der Waals surface area contributed by atoms with Crippen molar-refractivity contribution >= 4 is 5.91 Å². The van der Waals surface area contributed by atoms with Crippen molar-refractivity contribution in [3.63, 3.8) is 0 Å². The normalized spacial score (nSPS) is 15.2. The molecule has 0 aliphatic carbocycles. The Hall–Kier alpha value is -2.53. The minimum atomic E-state index is 0.144. The molecule has 2 aromatic carbocycles. The third kappa shape index (κ3) is 3.08. The Morgan fingerprint density at radius 2 is 1.92 bits per heavy atom.